The Morgan fingerprint density at radius 3 is 2.62 bits per heavy atom. The summed E-state index contributed by atoms with van der Waals surface area (Å²) in [6.07, 6.45) is 4.80. The van der Waals surface area contributed by atoms with Gasteiger partial charge < -0.3 is 11.5 Å². The predicted octanol–water partition coefficient (Wildman–Crippen LogP) is 4.07. The van der Waals surface area contributed by atoms with E-state index in [1.807, 2.05) is 0 Å². The first-order valence-corrected chi connectivity index (χ1v) is 8.18. The number of benzene rings is 1. The first-order chi connectivity index (χ1) is 9.83. The van der Waals surface area contributed by atoms with Crippen molar-refractivity contribution < 1.29 is 9.18 Å². The lowest BCUT2D eigenvalue weighted by Gasteiger charge is -2.31. The van der Waals surface area contributed by atoms with Gasteiger partial charge in [0.25, 0.3) is 0 Å². The zero-order valence-electron chi connectivity index (χ0n) is 11.7. The molecule has 1 aromatic carbocycles. The van der Waals surface area contributed by atoms with Crippen LogP contribution in [0.25, 0.3) is 0 Å². The summed E-state index contributed by atoms with van der Waals surface area (Å²) in [6.45, 7) is 0. The smallest absolute Gasteiger partial charge is 0.217 e. The summed E-state index contributed by atoms with van der Waals surface area (Å²) in [5, 5.41) is 0.428. The number of carbonyl (C=O) groups excluding carboxylic acids is 1. The lowest BCUT2D eigenvalue weighted by molar-refractivity contribution is -0.120. The average Bonchev–Trinajstić information content (AvgIpc) is 2.80. The van der Waals surface area contributed by atoms with Crippen LogP contribution in [0.4, 0.5) is 4.39 Å². The number of rotatable bonds is 5. The summed E-state index contributed by atoms with van der Waals surface area (Å²) in [7, 11) is 0. The van der Waals surface area contributed by atoms with E-state index in [9.17, 15) is 9.18 Å². The van der Waals surface area contributed by atoms with Gasteiger partial charge in [-0.15, -0.1) is 0 Å². The minimum absolute atomic E-state index is 0.197. The van der Waals surface area contributed by atoms with E-state index < -0.39 is 6.04 Å². The highest BCUT2D eigenvalue weighted by molar-refractivity contribution is 9.10. The van der Waals surface area contributed by atoms with Gasteiger partial charge in [-0.2, -0.15) is 0 Å². The topological polar surface area (TPSA) is 69.1 Å². The molecule has 1 aliphatic carbocycles. The molecule has 1 unspecified atom stereocenters. The Labute approximate surface area is 137 Å². The van der Waals surface area contributed by atoms with E-state index in [-0.39, 0.29) is 17.1 Å². The van der Waals surface area contributed by atoms with E-state index in [1.54, 1.807) is 6.07 Å². The fraction of sp³-hybridized carbons (Fsp3) is 0.533. The zero-order chi connectivity index (χ0) is 15.6. The van der Waals surface area contributed by atoms with Crippen LogP contribution in [0.2, 0.25) is 5.02 Å². The molecule has 0 aliphatic heterocycles. The van der Waals surface area contributed by atoms with Gasteiger partial charge in [0.2, 0.25) is 5.91 Å². The molecule has 0 radical (unpaired) electrons. The fourth-order valence-electron chi connectivity index (χ4n) is 3.35. The van der Waals surface area contributed by atoms with Crippen LogP contribution in [0, 0.1) is 11.2 Å². The van der Waals surface area contributed by atoms with Crippen molar-refractivity contribution in [2.24, 2.45) is 16.9 Å². The number of primary amides is 1. The normalized spacial score (nSPS) is 18.7. The van der Waals surface area contributed by atoms with E-state index in [0.717, 1.165) is 25.7 Å². The van der Waals surface area contributed by atoms with Crippen molar-refractivity contribution in [1.29, 1.82) is 0 Å². The van der Waals surface area contributed by atoms with Crippen LogP contribution in [0.5, 0.6) is 0 Å². The Kier molecular flexibility index (Phi) is 5.28. The third-order valence-corrected chi connectivity index (χ3v) is 5.50. The molecule has 3 nitrogen and oxygen atoms in total. The number of nitrogens with two attached hydrogens (primary N) is 2. The molecule has 1 aromatic rings. The molecule has 6 heteroatoms. The highest BCUT2D eigenvalue weighted by Crippen LogP contribution is 2.47. The lowest BCUT2D eigenvalue weighted by Crippen LogP contribution is -2.30. The van der Waals surface area contributed by atoms with Crippen LogP contribution < -0.4 is 11.5 Å². The second kappa shape index (κ2) is 6.63. The molecule has 4 N–H and O–H groups in total. The third-order valence-electron chi connectivity index (χ3n) is 4.31. The van der Waals surface area contributed by atoms with E-state index in [2.05, 4.69) is 15.9 Å². The zero-order valence-corrected chi connectivity index (χ0v) is 14.0. The molecule has 0 bridgehead atoms. The van der Waals surface area contributed by atoms with Gasteiger partial charge in [0.1, 0.15) is 5.82 Å². The predicted molar refractivity (Wildman–Crippen MR) is 85.4 cm³/mol. The number of hydrogen-bond acceptors (Lipinski definition) is 2. The van der Waals surface area contributed by atoms with Crippen molar-refractivity contribution in [2.45, 2.75) is 44.6 Å². The highest BCUT2D eigenvalue weighted by atomic mass is 79.9. The number of amides is 1. The summed E-state index contributed by atoms with van der Waals surface area (Å²) >= 11 is 9.21. The molecule has 116 valence electrons. The largest absolute Gasteiger partial charge is 0.370 e. The lowest BCUT2D eigenvalue weighted by atomic mass is 9.76. The van der Waals surface area contributed by atoms with E-state index in [0.29, 0.717) is 27.9 Å². The minimum atomic E-state index is -0.493. The van der Waals surface area contributed by atoms with E-state index in [4.69, 9.17) is 23.1 Å². The van der Waals surface area contributed by atoms with Gasteiger partial charge in [0.15, 0.2) is 0 Å². The molecule has 0 heterocycles. The van der Waals surface area contributed by atoms with Gasteiger partial charge in [-0.1, -0.05) is 24.4 Å². The molecule has 1 saturated carbocycles. The molecule has 21 heavy (non-hydrogen) atoms. The van der Waals surface area contributed by atoms with Crippen molar-refractivity contribution in [1.82, 2.24) is 0 Å². The Morgan fingerprint density at radius 2 is 2.05 bits per heavy atom. The van der Waals surface area contributed by atoms with Crippen molar-refractivity contribution in [3.63, 3.8) is 0 Å². The Morgan fingerprint density at radius 1 is 1.43 bits per heavy atom. The number of carbonyl (C=O) groups is 1. The van der Waals surface area contributed by atoms with Crippen LogP contribution in [0.1, 0.15) is 50.1 Å². The monoisotopic (exact) mass is 376 g/mol. The molecule has 1 amide bonds. The molecule has 1 aliphatic rings. The third kappa shape index (κ3) is 3.96. The number of hydrogen-bond donors (Lipinski definition) is 2. The van der Waals surface area contributed by atoms with Gasteiger partial charge in [-0.05, 0) is 52.7 Å². The molecule has 1 atom stereocenters. The maximum absolute atomic E-state index is 14.1. The van der Waals surface area contributed by atoms with Crippen LogP contribution in [0.15, 0.2) is 16.6 Å². The fourth-order valence-corrected chi connectivity index (χ4v) is 3.83. The van der Waals surface area contributed by atoms with Crippen LogP contribution in [-0.4, -0.2) is 5.91 Å². The van der Waals surface area contributed by atoms with Crippen LogP contribution in [0.3, 0.4) is 0 Å². The average molecular weight is 378 g/mol. The minimum Gasteiger partial charge on any atom is -0.370 e. The van der Waals surface area contributed by atoms with Crippen molar-refractivity contribution in [2.75, 3.05) is 0 Å². The SMILES string of the molecule is NC(=O)CC1(CC(N)c2cc(Cl)c(Br)cc2F)CCCC1. The first kappa shape index (κ1) is 16.7. The molecule has 2 rings (SSSR count). The molecule has 0 spiro atoms. The summed E-state index contributed by atoms with van der Waals surface area (Å²) < 4.78 is 14.6. The summed E-state index contributed by atoms with van der Waals surface area (Å²) in [5.41, 5.74) is 11.7. The number of halogens is 3. The van der Waals surface area contributed by atoms with Crippen molar-refractivity contribution in [3.8, 4) is 0 Å². The van der Waals surface area contributed by atoms with E-state index in [1.165, 1.54) is 6.07 Å². The standard InChI is InChI=1S/C15H19BrClFN2O/c16-10-6-12(18)9(5-11(10)17)13(19)7-15(8-14(20)21)3-1-2-4-15/h5-6,13H,1-4,7-8,19H2,(H2,20,21). The molecule has 0 aromatic heterocycles. The highest BCUT2D eigenvalue weighted by Gasteiger charge is 2.37. The van der Waals surface area contributed by atoms with Crippen molar-refractivity contribution >= 4 is 33.4 Å². The maximum Gasteiger partial charge on any atom is 0.217 e. The first-order valence-electron chi connectivity index (χ1n) is 7.01. The molecule has 1 fully saturated rings. The van der Waals surface area contributed by atoms with Gasteiger partial charge in [-0.3, -0.25) is 4.79 Å². The second-order valence-electron chi connectivity index (χ2n) is 5.95. The van der Waals surface area contributed by atoms with Gasteiger partial charge >= 0.3 is 0 Å². The van der Waals surface area contributed by atoms with Gasteiger partial charge in [-0.25, -0.2) is 4.39 Å². The van der Waals surface area contributed by atoms with Crippen molar-refractivity contribution in [3.05, 3.63) is 33.0 Å². The molecular formula is C15H19BrClFN2O. The molecular weight excluding hydrogens is 359 g/mol. The van der Waals surface area contributed by atoms with Gasteiger partial charge in [0.05, 0.1) is 5.02 Å². The van der Waals surface area contributed by atoms with E-state index >= 15 is 0 Å². The summed E-state index contributed by atoms with van der Waals surface area (Å²) in [6, 6.07) is 2.39. The Bertz CT molecular complexity index is 547. The Hall–Kier alpha value is -0.650. The molecule has 0 saturated heterocycles. The van der Waals surface area contributed by atoms with Crippen LogP contribution in [-0.2, 0) is 4.79 Å². The maximum atomic E-state index is 14.1. The second-order valence-corrected chi connectivity index (χ2v) is 7.21. The van der Waals surface area contributed by atoms with Gasteiger partial charge in [0, 0.05) is 22.5 Å². The van der Waals surface area contributed by atoms with Crippen LogP contribution >= 0.6 is 27.5 Å². The quantitative estimate of drug-likeness (QED) is 0.759. The summed E-state index contributed by atoms with van der Waals surface area (Å²) in [4.78, 5) is 11.3. The Balaban J connectivity index is 2.21. The summed E-state index contributed by atoms with van der Waals surface area (Å²) in [5.74, 6) is -0.704.